The Kier molecular flexibility index (Phi) is 1.86. The first-order valence-corrected chi connectivity index (χ1v) is 3.54. The molecule has 0 bridgehead atoms. The first-order chi connectivity index (χ1) is 5.13. The predicted molar refractivity (Wildman–Crippen MR) is 39.1 cm³/mol. The van der Waals surface area contributed by atoms with E-state index in [0.717, 1.165) is 11.3 Å². The summed E-state index contributed by atoms with van der Waals surface area (Å²) in [4.78, 5) is 24.8. The monoisotopic (exact) mass is 171 g/mol. The molecule has 0 saturated heterocycles. The Morgan fingerprint density at radius 2 is 2.00 bits per heavy atom. The number of nitrogens with two attached hydrogens (primary N) is 2. The average molecular weight is 171 g/mol. The molecule has 58 valence electrons. The predicted octanol–water partition coefficient (Wildman–Crippen LogP) is -0.659. The zero-order chi connectivity index (χ0) is 8.43. The third-order valence-electron chi connectivity index (χ3n) is 1.02. The quantitative estimate of drug-likeness (QED) is 0.617. The van der Waals surface area contributed by atoms with Gasteiger partial charge in [0.15, 0.2) is 5.69 Å². The number of carbonyl (C=O) groups is 2. The molecule has 0 saturated carbocycles. The summed E-state index contributed by atoms with van der Waals surface area (Å²) < 4.78 is 0. The summed E-state index contributed by atoms with van der Waals surface area (Å²) in [5.74, 6) is -1.42. The topological polar surface area (TPSA) is 99.1 Å². The number of aromatic nitrogens is 1. The zero-order valence-corrected chi connectivity index (χ0v) is 6.22. The minimum Gasteiger partial charge on any atom is -0.365 e. The number of carbonyl (C=O) groups excluding carboxylic acids is 2. The highest BCUT2D eigenvalue weighted by Gasteiger charge is 2.15. The van der Waals surface area contributed by atoms with Crippen LogP contribution in [0.2, 0.25) is 0 Å². The van der Waals surface area contributed by atoms with Crippen LogP contribution in [-0.4, -0.2) is 16.8 Å². The van der Waals surface area contributed by atoms with Gasteiger partial charge in [0.25, 0.3) is 11.8 Å². The Bertz CT molecular complexity index is 278. The van der Waals surface area contributed by atoms with Crippen molar-refractivity contribution >= 4 is 23.2 Å². The van der Waals surface area contributed by atoms with Crippen LogP contribution < -0.4 is 11.5 Å². The molecule has 0 aliphatic carbocycles. The normalized spacial score (nSPS) is 9.45. The van der Waals surface area contributed by atoms with Crippen molar-refractivity contribution in [2.75, 3.05) is 0 Å². The molecule has 6 heteroatoms. The van der Waals surface area contributed by atoms with Gasteiger partial charge in [-0.3, -0.25) is 9.59 Å². The van der Waals surface area contributed by atoms with Gasteiger partial charge >= 0.3 is 0 Å². The smallest absolute Gasteiger partial charge is 0.269 e. The molecule has 0 aliphatic rings. The van der Waals surface area contributed by atoms with Gasteiger partial charge in [-0.15, -0.1) is 11.3 Å². The van der Waals surface area contributed by atoms with Crippen molar-refractivity contribution in [3.63, 3.8) is 0 Å². The summed E-state index contributed by atoms with van der Waals surface area (Å²) in [7, 11) is 0. The Balaban J connectivity index is 3.16. The minimum atomic E-state index is -0.736. The van der Waals surface area contributed by atoms with E-state index in [0.29, 0.717) is 0 Å². The van der Waals surface area contributed by atoms with E-state index in [-0.39, 0.29) is 10.6 Å². The van der Waals surface area contributed by atoms with E-state index < -0.39 is 11.8 Å². The van der Waals surface area contributed by atoms with Crippen LogP contribution in [0.4, 0.5) is 0 Å². The standard InChI is InChI=1S/C5H5N3O2S/c6-4(9)2-3(5(7)10)11-1-8-2/h1H,(H2,6,9)(H2,7,10). The van der Waals surface area contributed by atoms with Crippen LogP contribution in [0, 0.1) is 0 Å². The van der Waals surface area contributed by atoms with Crippen LogP contribution in [0.5, 0.6) is 0 Å². The van der Waals surface area contributed by atoms with Crippen molar-refractivity contribution < 1.29 is 9.59 Å². The van der Waals surface area contributed by atoms with E-state index in [4.69, 9.17) is 11.5 Å². The molecule has 1 heterocycles. The molecule has 5 nitrogen and oxygen atoms in total. The Labute approximate surface area is 66.0 Å². The lowest BCUT2D eigenvalue weighted by atomic mass is 10.3. The largest absolute Gasteiger partial charge is 0.365 e. The summed E-state index contributed by atoms with van der Waals surface area (Å²) in [5, 5.41) is 0. The van der Waals surface area contributed by atoms with Crippen LogP contribution in [0.1, 0.15) is 20.2 Å². The third kappa shape index (κ3) is 1.35. The second-order valence-corrected chi connectivity index (χ2v) is 2.61. The molecule has 0 radical (unpaired) electrons. The molecule has 2 amide bonds. The molecule has 0 unspecified atom stereocenters. The summed E-state index contributed by atoms with van der Waals surface area (Å²) in [5.41, 5.74) is 11.1. The van der Waals surface area contributed by atoms with Crippen molar-refractivity contribution in [2.45, 2.75) is 0 Å². The molecule has 0 aromatic carbocycles. The summed E-state index contributed by atoms with van der Waals surface area (Å²) in [6.45, 7) is 0. The fourth-order valence-electron chi connectivity index (χ4n) is 0.596. The molecule has 4 N–H and O–H groups in total. The maximum absolute atomic E-state index is 10.6. The van der Waals surface area contributed by atoms with Crippen molar-refractivity contribution in [1.82, 2.24) is 4.98 Å². The van der Waals surface area contributed by atoms with Gasteiger partial charge in [-0.05, 0) is 0 Å². The summed E-state index contributed by atoms with van der Waals surface area (Å²) in [6.07, 6.45) is 0. The van der Waals surface area contributed by atoms with Gasteiger partial charge in [0, 0.05) is 0 Å². The van der Waals surface area contributed by atoms with Gasteiger partial charge in [-0.1, -0.05) is 0 Å². The number of amides is 2. The lowest BCUT2D eigenvalue weighted by Gasteiger charge is -1.90. The third-order valence-corrected chi connectivity index (χ3v) is 1.87. The fraction of sp³-hybridized carbons (Fsp3) is 0. The number of hydrogen-bond acceptors (Lipinski definition) is 4. The molecule has 0 fully saturated rings. The number of rotatable bonds is 2. The van der Waals surface area contributed by atoms with E-state index in [1.165, 1.54) is 5.51 Å². The SMILES string of the molecule is NC(=O)c1ncsc1C(N)=O. The molecule has 0 aliphatic heterocycles. The van der Waals surface area contributed by atoms with Gasteiger partial charge in [-0.25, -0.2) is 4.98 Å². The second kappa shape index (κ2) is 2.67. The molecule has 1 rings (SSSR count). The second-order valence-electron chi connectivity index (χ2n) is 1.76. The lowest BCUT2D eigenvalue weighted by molar-refractivity contribution is 0.0967. The fourth-order valence-corrected chi connectivity index (χ4v) is 1.24. The molecule has 1 aromatic rings. The van der Waals surface area contributed by atoms with E-state index in [1.807, 2.05) is 0 Å². The highest BCUT2D eigenvalue weighted by atomic mass is 32.1. The van der Waals surface area contributed by atoms with Crippen LogP contribution in [0.3, 0.4) is 0 Å². The van der Waals surface area contributed by atoms with E-state index in [2.05, 4.69) is 4.98 Å². The van der Waals surface area contributed by atoms with Gasteiger partial charge in [-0.2, -0.15) is 0 Å². The first kappa shape index (κ1) is 7.67. The Morgan fingerprint density at radius 1 is 1.36 bits per heavy atom. The lowest BCUT2D eigenvalue weighted by Crippen LogP contribution is -2.19. The number of primary amides is 2. The van der Waals surface area contributed by atoms with Gasteiger partial charge < -0.3 is 11.5 Å². The van der Waals surface area contributed by atoms with Crippen LogP contribution in [0.25, 0.3) is 0 Å². The Morgan fingerprint density at radius 3 is 2.36 bits per heavy atom. The highest BCUT2D eigenvalue weighted by Crippen LogP contribution is 2.10. The van der Waals surface area contributed by atoms with Gasteiger partial charge in [0.2, 0.25) is 0 Å². The Hall–Kier alpha value is -1.43. The van der Waals surface area contributed by atoms with E-state index >= 15 is 0 Å². The number of hydrogen-bond donors (Lipinski definition) is 2. The highest BCUT2D eigenvalue weighted by molar-refractivity contribution is 7.12. The van der Waals surface area contributed by atoms with Crippen LogP contribution >= 0.6 is 11.3 Å². The number of thiazole rings is 1. The van der Waals surface area contributed by atoms with E-state index in [1.54, 1.807) is 0 Å². The molecule has 1 aromatic heterocycles. The summed E-state index contributed by atoms with van der Waals surface area (Å²) >= 11 is 0.999. The molecular formula is C5H5N3O2S. The maximum Gasteiger partial charge on any atom is 0.269 e. The van der Waals surface area contributed by atoms with E-state index in [9.17, 15) is 9.59 Å². The van der Waals surface area contributed by atoms with Crippen molar-refractivity contribution in [3.05, 3.63) is 16.1 Å². The first-order valence-electron chi connectivity index (χ1n) is 2.66. The van der Waals surface area contributed by atoms with Gasteiger partial charge in [0.05, 0.1) is 5.51 Å². The molecule has 0 spiro atoms. The molecule has 0 atom stereocenters. The molecular weight excluding hydrogens is 166 g/mol. The zero-order valence-electron chi connectivity index (χ0n) is 5.40. The van der Waals surface area contributed by atoms with Crippen molar-refractivity contribution in [3.8, 4) is 0 Å². The van der Waals surface area contributed by atoms with Crippen molar-refractivity contribution in [1.29, 1.82) is 0 Å². The van der Waals surface area contributed by atoms with Crippen LogP contribution in [0.15, 0.2) is 5.51 Å². The molecule has 11 heavy (non-hydrogen) atoms. The van der Waals surface area contributed by atoms with Gasteiger partial charge in [0.1, 0.15) is 4.88 Å². The van der Waals surface area contributed by atoms with Crippen molar-refractivity contribution in [2.24, 2.45) is 11.5 Å². The maximum atomic E-state index is 10.6. The average Bonchev–Trinajstić information content (AvgIpc) is 2.32. The summed E-state index contributed by atoms with van der Waals surface area (Å²) in [6, 6.07) is 0. The van der Waals surface area contributed by atoms with Crippen LogP contribution in [-0.2, 0) is 0 Å². The minimum absolute atomic E-state index is 0.0532. The number of nitrogens with zero attached hydrogens (tertiary/aromatic N) is 1.